The van der Waals surface area contributed by atoms with Gasteiger partial charge in [0.05, 0.1) is 7.11 Å². The average Bonchev–Trinajstić information content (AvgIpc) is 2.47. The van der Waals surface area contributed by atoms with E-state index in [1.54, 1.807) is 7.11 Å². The Hall–Kier alpha value is -1.32. The number of nitrogens with one attached hydrogen (secondary N) is 1. The standard InChI is InChI=1S/C17H20BrNO/c1-12(14-7-9-17(20-3)10-8-14)19-13(2)15-5-4-6-16(18)11-15/h4-13,19H,1-3H3/t12?,13-/m0/s1. The van der Waals surface area contributed by atoms with Crippen molar-refractivity contribution in [2.75, 3.05) is 7.11 Å². The van der Waals surface area contributed by atoms with Crippen LogP contribution in [-0.4, -0.2) is 7.11 Å². The zero-order chi connectivity index (χ0) is 14.5. The second-order valence-corrected chi connectivity index (χ2v) is 5.85. The van der Waals surface area contributed by atoms with E-state index >= 15 is 0 Å². The van der Waals surface area contributed by atoms with E-state index in [-0.39, 0.29) is 6.04 Å². The number of hydrogen-bond acceptors (Lipinski definition) is 2. The van der Waals surface area contributed by atoms with Crippen LogP contribution >= 0.6 is 15.9 Å². The highest BCUT2D eigenvalue weighted by molar-refractivity contribution is 9.10. The van der Waals surface area contributed by atoms with Gasteiger partial charge in [-0.2, -0.15) is 0 Å². The number of halogens is 1. The van der Waals surface area contributed by atoms with Crippen LogP contribution in [-0.2, 0) is 0 Å². The van der Waals surface area contributed by atoms with Gasteiger partial charge < -0.3 is 10.1 Å². The average molecular weight is 334 g/mol. The molecule has 0 amide bonds. The summed E-state index contributed by atoms with van der Waals surface area (Å²) in [5.74, 6) is 0.890. The Labute approximate surface area is 129 Å². The van der Waals surface area contributed by atoms with Crippen molar-refractivity contribution in [1.29, 1.82) is 0 Å². The van der Waals surface area contributed by atoms with E-state index in [1.165, 1.54) is 11.1 Å². The molecule has 3 heteroatoms. The molecule has 106 valence electrons. The maximum atomic E-state index is 5.19. The highest BCUT2D eigenvalue weighted by Crippen LogP contribution is 2.23. The van der Waals surface area contributed by atoms with Gasteiger partial charge in [-0.3, -0.25) is 0 Å². The van der Waals surface area contributed by atoms with Crippen LogP contribution in [0, 0.1) is 0 Å². The maximum Gasteiger partial charge on any atom is 0.118 e. The van der Waals surface area contributed by atoms with Gasteiger partial charge in [-0.25, -0.2) is 0 Å². The Bertz CT molecular complexity index is 553. The Morgan fingerprint density at radius 2 is 1.60 bits per heavy atom. The fourth-order valence-electron chi connectivity index (χ4n) is 2.24. The lowest BCUT2D eigenvalue weighted by atomic mass is 10.0. The molecular formula is C17H20BrNO. The highest BCUT2D eigenvalue weighted by Gasteiger charge is 2.11. The lowest BCUT2D eigenvalue weighted by Crippen LogP contribution is -2.22. The van der Waals surface area contributed by atoms with Crippen molar-refractivity contribution in [3.63, 3.8) is 0 Å². The molecule has 0 saturated carbocycles. The molecule has 0 aromatic heterocycles. The predicted molar refractivity (Wildman–Crippen MR) is 87.1 cm³/mol. The zero-order valence-electron chi connectivity index (χ0n) is 12.1. The monoisotopic (exact) mass is 333 g/mol. The van der Waals surface area contributed by atoms with E-state index in [1.807, 2.05) is 18.2 Å². The molecule has 1 unspecified atom stereocenters. The molecule has 0 radical (unpaired) electrons. The van der Waals surface area contributed by atoms with E-state index in [2.05, 4.69) is 65.4 Å². The summed E-state index contributed by atoms with van der Waals surface area (Å²) in [7, 11) is 1.69. The molecule has 2 aromatic carbocycles. The van der Waals surface area contributed by atoms with E-state index in [9.17, 15) is 0 Å². The molecule has 0 spiro atoms. The molecule has 0 aliphatic heterocycles. The number of rotatable bonds is 5. The first-order chi connectivity index (χ1) is 9.60. The number of methoxy groups -OCH3 is 1. The van der Waals surface area contributed by atoms with Gasteiger partial charge in [0.1, 0.15) is 5.75 Å². The van der Waals surface area contributed by atoms with Crippen LogP contribution in [0.5, 0.6) is 5.75 Å². The molecule has 0 aliphatic carbocycles. The molecule has 2 atom stereocenters. The van der Waals surface area contributed by atoms with E-state index in [0.717, 1.165) is 10.2 Å². The van der Waals surface area contributed by atoms with Crippen LogP contribution in [0.1, 0.15) is 37.1 Å². The molecule has 2 nitrogen and oxygen atoms in total. The van der Waals surface area contributed by atoms with Crippen molar-refractivity contribution in [2.24, 2.45) is 0 Å². The summed E-state index contributed by atoms with van der Waals surface area (Å²) in [6.45, 7) is 4.36. The minimum atomic E-state index is 0.287. The summed E-state index contributed by atoms with van der Waals surface area (Å²) in [6.07, 6.45) is 0. The molecule has 0 fully saturated rings. The van der Waals surface area contributed by atoms with Crippen molar-refractivity contribution in [2.45, 2.75) is 25.9 Å². The molecule has 1 N–H and O–H groups in total. The SMILES string of the molecule is COc1ccc(C(C)N[C@@H](C)c2cccc(Br)c2)cc1. The minimum absolute atomic E-state index is 0.287. The van der Waals surface area contributed by atoms with Crippen LogP contribution < -0.4 is 10.1 Å². The molecule has 20 heavy (non-hydrogen) atoms. The fraction of sp³-hybridized carbons (Fsp3) is 0.294. The van der Waals surface area contributed by atoms with Crippen LogP contribution in [0.2, 0.25) is 0 Å². The van der Waals surface area contributed by atoms with E-state index < -0.39 is 0 Å². The van der Waals surface area contributed by atoms with Crippen molar-refractivity contribution < 1.29 is 4.74 Å². The predicted octanol–water partition coefficient (Wildman–Crippen LogP) is 4.87. The number of hydrogen-bond donors (Lipinski definition) is 1. The van der Waals surface area contributed by atoms with Crippen molar-refractivity contribution in [3.8, 4) is 5.75 Å². The molecular weight excluding hydrogens is 314 g/mol. The summed E-state index contributed by atoms with van der Waals surface area (Å²) in [6, 6.07) is 17.2. The third-order valence-electron chi connectivity index (χ3n) is 3.46. The lowest BCUT2D eigenvalue weighted by Gasteiger charge is -2.21. The molecule has 2 rings (SSSR count). The topological polar surface area (TPSA) is 21.3 Å². The summed E-state index contributed by atoms with van der Waals surface area (Å²) in [5, 5.41) is 3.62. The third kappa shape index (κ3) is 3.84. The molecule has 0 saturated heterocycles. The number of ether oxygens (including phenoxy) is 1. The highest BCUT2D eigenvalue weighted by atomic mass is 79.9. The van der Waals surface area contributed by atoms with Crippen molar-refractivity contribution >= 4 is 15.9 Å². The second kappa shape index (κ2) is 6.91. The van der Waals surface area contributed by atoms with Gasteiger partial charge in [0.2, 0.25) is 0 Å². The first-order valence-corrected chi connectivity index (χ1v) is 7.55. The molecule has 0 bridgehead atoms. The molecule has 2 aromatic rings. The van der Waals surface area contributed by atoms with Crippen LogP contribution in [0.15, 0.2) is 53.0 Å². The molecule has 0 heterocycles. The Kier molecular flexibility index (Phi) is 5.21. The van der Waals surface area contributed by atoms with Gasteiger partial charge in [0.15, 0.2) is 0 Å². The van der Waals surface area contributed by atoms with E-state index in [4.69, 9.17) is 4.74 Å². The summed E-state index contributed by atoms with van der Waals surface area (Å²) < 4.78 is 6.30. The normalized spacial score (nSPS) is 13.8. The smallest absolute Gasteiger partial charge is 0.118 e. The van der Waals surface area contributed by atoms with Gasteiger partial charge in [-0.05, 0) is 49.2 Å². The van der Waals surface area contributed by atoms with Crippen LogP contribution in [0.25, 0.3) is 0 Å². The first-order valence-electron chi connectivity index (χ1n) is 6.75. The van der Waals surface area contributed by atoms with Gasteiger partial charge in [-0.15, -0.1) is 0 Å². The van der Waals surface area contributed by atoms with Crippen LogP contribution in [0.4, 0.5) is 0 Å². The minimum Gasteiger partial charge on any atom is -0.497 e. The summed E-state index contributed by atoms with van der Waals surface area (Å²) >= 11 is 3.52. The fourth-order valence-corrected chi connectivity index (χ4v) is 2.65. The zero-order valence-corrected chi connectivity index (χ0v) is 13.6. The Balaban J connectivity index is 2.04. The summed E-state index contributed by atoms with van der Waals surface area (Å²) in [5.41, 5.74) is 2.53. The van der Waals surface area contributed by atoms with Gasteiger partial charge in [0.25, 0.3) is 0 Å². The third-order valence-corrected chi connectivity index (χ3v) is 3.96. The number of benzene rings is 2. The van der Waals surface area contributed by atoms with Gasteiger partial charge in [0, 0.05) is 16.6 Å². The second-order valence-electron chi connectivity index (χ2n) is 4.94. The van der Waals surface area contributed by atoms with Crippen molar-refractivity contribution in [3.05, 3.63) is 64.1 Å². The summed E-state index contributed by atoms with van der Waals surface area (Å²) in [4.78, 5) is 0. The van der Waals surface area contributed by atoms with E-state index in [0.29, 0.717) is 6.04 Å². The van der Waals surface area contributed by atoms with Crippen molar-refractivity contribution in [1.82, 2.24) is 5.32 Å². The Morgan fingerprint density at radius 3 is 2.20 bits per heavy atom. The molecule has 0 aliphatic rings. The van der Waals surface area contributed by atoms with Crippen LogP contribution in [0.3, 0.4) is 0 Å². The maximum absolute atomic E-state index is 5.19. The van der Waals surface area contributed by atoms with Gasteiger partial charge >= 0.3 is 0 Å². The quantitative estimate of drug-likeness (QED) is 0.842. The first kappa shape index (κ1) is 15.1. The van der Waals surface area contributed by atoms with Gasteiger partial charge in [-0.1, -0.05) is 40.2 Å². The lowest BCUT2D eigenvalue weighted by molar-refractivity contribution is 0.414. The Morgan fingerprint density at radius 1 is 0.950 bits per heavy atom. The largest absolute Gasteiger partial charge is 0.497 e.